The van der Waals surface area contributed by atoms with Gasteiger partial charge in [-0.1, -0.05) is 110 Å². The lowest BCUT2D eigenvalue weighted by atomic mass is 9.92. The summed E-state index contributed by atoms with van der Waals surface area (Å²) >= 11 is 0. The molecule has 1 aromatic heterocycles. The van der Waals surface area contributed by atoms with E-state index < -0.39 is 19.8 Å². The van der Waals surface area contributed by atoms with Gasteiger partial charge in [0, 0.05) is 11.8 Å². The van der Waals surface area contributed by atoms with Gasteiger partial charge in [-0.25, -0.2) is 0 Å². The molecule has 0 radical (unpaired) electrons. The molecule has 0 N–H and O–H groups in total. The topological polar surface area (TPSA) is 12.9 Å². The molecule has 40 heavy (non-hydrogen) atoms. The minimum absolute atomic E-state index is 0.123. The second kappa shape index (κ2) is 9.75. The van der Waals surface area contributed by atoms with Gasteiger partial charge in [-0.2, -0.15) is 13.2 Å². The van der Waals surface area contributed by atoms with E-state index in [0.717, 1.165) is 44.4 Å². The number of nitrogens with zero attached hydrogens (tertiary/aromatic N) is 1. The van der Waals surface area contributed by atoms with Crippen LogP contribution in [0.4, 0.5) is 13.2 Å². The van der Waals surface area contributed by atoms with E-state index in [4.69, 9.17) is 0 Å². The lowest BCUT2D eigenvalue weighted by Gasteiger charge is -2.18. The monoisotopic (exact) mass is 547 g/mol. The van der Waals surface area contributed by atoms with E-state index in [1.54, 1.807) is 12.1 Å². The number of halogens is 3. The Morgan fingerprint density at radius 1 is 0.575 bits per heavy atom. The highest BCUT2D eigenvalue weighted by atomic mass is 28.3. The van der Waals surface area contributed by atoms with Crippen LogP contribution in [0.5, 0.6) is 0 Å². The SMILES string of the molecule is C[Si](C)(C)c1ccc(-c2cc(-c3cc(-c4ccc5ccccc5c4)c(C(F)(F)F)cn3)cc3ccccc23)cc1. The molecule has 5 heteroatoms. The summed E-state index contributed by atoms with van der Waals surface area (Å²) in [6, 6.07) is 35.6. The summed E-state index contributed by atoms with van der Waals surface area (Å²) in [6.45, 7) is 6.96. The van der Waals surface area contributed by atoms with Crippen molar-refractivity contribution in [2.45, 2.75) is 25.8 Å². The van der Waals surface area contributed by atoms with E-state index >= 15 is 0 Å². The third-order valence-corrected chi connectivity index (χ3v) is 9.55. The minimum atomic E-state index is -4.53. The molecule has 0 saturated heterocycles. The third kappa shape index (κ3) is 4.93. The van der Waals surface area contributed by atoms with Gasteiger partial charge in [-0.05, 0) is 68.1 Å². The van der Waals surface area contributed by atoms with Gasteiger partial charge in [0.15, 0.2) is 0 Å². The molecule has 0 spiro atoms. The summed E-state index contributed by atoms with van der Waals surface area (Å²) < 4.78 is 42.5. The molecule has 0 fully saturated rings. The summed E-state index contributed by atoms with van der Waals surface area (Å²) in [4.78, 5) is 4.34. The fourth-order valence-corrected chi connectivity index (χ4v) is 6.45. The molecule has 0 saturated carbocycles. The molecule has 6 rings (SSSR count). The molecule has 0 bridgehead atoms. The Morgan fingerprint density at radius 3 is 1.90 bits per heavy atom. The van der Waals surface area contributed by atoms with Crippen molar-refractivity contribution in [1.82, 2.24) is 4.98 Å². The van der Waals surface area contributed by atoms with E-state index in [1.165, 1.54) is 5.19 Å². The molecule has 6 aromatic rings. The van der Waals surface area contributed by atoms with E-state index in [-0.39, 0.29) is 5.56 Å². The van der Waals surface area contributed by atoms with Crippen LogP contribution in [0.25, 0.3) is 55.1 Å². The molecule has 1 heterocycles. The van der Waals surface area contributed by atoms with Crippen molar-refractivity contribution in [3.05, 3.63) is 121 Å². The molecule has 0 aliphatic rings. The molecule has 0 aliphatic carbocycles. The Kier molecular flexibility index (Phi) is 6.35. The van der Waals surface area contributed by atoms with E-state index in [2.05, 4.69) is 55.0 Å². The fourth-order valence-electron chi connectivity index (χ4n) is 5.28. The van der Waals surface area contributed by atoms with Gasteiger partial charge in [0.1, 0.15) is 0 Å². The highest BCUT2D eigenvalue weighted by Crippen LogP contribution is 2.40. The van der Waals surface area contributed by atoms with Crippen LogP contribution in [-0.4, -0.2) is 13.1 Å². The Bertz CT molecular complexity index is 1870. The smallest absolute Gasteiger partial charge is 0.256 e. The van der Waals surface area contributed by atoms with Gasteiger partial charge >= 0.3 is 6.18 Å². The minimum Gasteiger partial charge on any atom is -0.256 e. The molecule has 5 aromatic carbocycles. The lowest BCUT2D eigenvalue weighted by Crippen LogP contribution is -2.37. The van der Waals surface area contributed by atoms with Gasteiger partial charge < -0.3 is 0 Å². The first-order valence-corrected chi connectivity index (χ1v) is 16.8. The third-order valence-electron chi connectivity index (χ3n) is 7.49. The van der Waals surface area contributed by atoms with Crippen LogP contribution in [0.1, 0.15) is 5.56 Å². The number of hydrogen-bond acceptors (Lipinski definition) is 1. The zero-order valence-corrected chi connectivity index (χ0v) is 23.6. The maximum Gasteiger partial charge on any atom is 0.418 e. The Hall–Kier alpha value is -4.22. The molecule has 0 unspecified atom stereocenters. The molecule has 0 amide bonds. The number of alkyl halides is 3. The standard InChI is InChI=1S/C35H28F3NSi/c1-40(2,3)29-16-14-24(15-17-29)31-20-28(19-26-10-6-7-11-30(26)31)34-21-32(33(22-39-34)35(36,37)38)27-13-12-23-8-4-5-9-25(23)18-27/h4-22H,1-3H3. The van der Waals surface area contributed by atoms with Crippen molar-refractivity contribution in [2.24, 2.45) is 0 Å². The number of aromatic nitrogens is 1. The summed E-state index contributed by atoms with van der Waals surface area (Å²) in [7, 11) is -1.45. The molecule has 0 atom stereocenters. The van der Waals surface area contributed by atoms with Crippen LogP contribution in [0.15, 0.2) is 115 Å². The normalized spacial score (nSPS) is 12.2. The number of pyridine rings is 1. The second-order valence-corrected chi connectivity index (χ2v) is 16.3. The highest BCUT2D eigenvalue weighted by molar-refractivity contribution is 6.88. The summed E-state index contributed by atoms with van der Waals surface area (Å²) in [5.74, 6) is 0. The van der Waals surface area contributed by atoms with E-state index in [0.29, 0.717) is 11.3 Å². The van der Waals surface area contributed by atoms with Crippen LogP contribution in [0, 0.1) is 0 Å². The van der Waals surface area contributed by atoms with Crippen LogP contribution < -0.4 is 5.19 Å². The van der Waals surface area contributed by atoms with Gasteiger partial charge in [0.05, 0.1) is 19.3 Å². The fraction of sp³-hybridized carbons (Fsp3) is 0.114. The zero-order valence-electron chi connectivity index (χ0n) is 22.6. The lowest BCUT2D eigenvalue weighted by molar-refractivity contribution is -0.137. The predicted octanol–water partition coefficient (Wildman–Crippen LogP) is 9.95. The average molecular weight is 548 g/mol. The molecule has 0 aliphatic heterocycles. The van der Waals surface area contributed by atoms with Crippen molar-refractivity contribution in [2.75, 3.05) is 0 Å². The highest BCUT2D eigenvalue weighted by Gasteiger charge is 2.34. The van der Waals surface area contributed by atoms with Crippen molar-refractivity contribution >= 4 is 34.8 Å². The number of fused-ring (bicyclic) bond motifs is 2. The average Bonchev–Trinajstić information content (AvgIpc) is 2.95. The Balaban J connectivity index is 1.54. The zero-order chi connectivity index (χ0) is 28.1. The quantitative estimate of drug-likeness (QED) is 0.200. The number of benzene rings is 5. The van der Waals surface area contributed by atoms with Gasteiger partial charge in [0.2, 0.25) is 0 Å². The summed E-state index contributed by atoms with van der Waals surface area (Å²) in [5, 5.41) is 5.35. The number of rotatable bonds is 4. The summed E-state index contributed by atoms with van der Waals surface area (Å²) in [6.07, 6.45) is -3.56. The van der Waals surface area contributed by atoms with Gasteiger partial charge in [-0.3, -0.25) is 4.98 Å². The van der Waals surface area contributed by atoms with Crippen molar-refractivity contribution in [3.8, 4) is 33.5 Å². The predicted molar refractivity (Wildman–Crippen MR) is 164 cm³/mol. The van der Waals surface area contributed by atoms with Crippen LogP contribution in [-0.2, 0) is 6.18 Å². The molecular weight excluding hydrogens is 519 g/mol. The van der Waals surface area contributed by atoms with Crippen molar-refractivity contribution in [3.63, 3.8) is 0 Å². The second-order valence-electron chi connectivity index (χ2n) is 11.2. The summed E-state index contributed by atoms with van der Waals surface area (Å²) in [5.41, 5.74) is 3.27. The first kappa shape index (κ1) is 26.0. The molecule has 198 valence electrons. The van der Waals surface area contributed by atoms with Gasteiger partial charge in [-0.15, -0.1) is 0 Å². The number of hydrogen-bond donors (Lipinski definition) is 0. The molecular formula is C35H28F3NSi. The largest absolute Gasteiger partial charge is 0.418 e. The Morgan fingerprint density at radius 2 is 1.20 bits per heavy atom. The van der Waals surface area contributed by atoms with E-state index in [1.807, 2.05) is 66.7 Å². The maximum atomic E-state index is 14.2. The van der Waals surface area contributed by atoms with Crippen LogP contribution >= 0.6 is 0 Å². The van der Waals surface area contributed by atoms with Gasteiger partial charge in [0.25, 0.3) is 0 Å². The Labute approximate surface area is 233 Å². The van der Waals surface area contributed by atoms with Crippen molar-refractivity contribution in [1.29, 1.82) is 0 Å². The van der Waals surface area contributed by atoms with Crippen molar-refractivity contribution < 1.29 is 13.2 Å². The van der Waals surface area contributed by atoms with E-state index in [9.17, 15) is 13.2 Å². The maximum absolute atomic E-state index is 14.2. The van der Waals surface area contributed by atoms with Crippen LogP contribution in [0.3, 0.4) is 0 Å². The van der Waals surface area contributed by atoms with Crippen LogP contribution in [0.2, 0.25) is 19.6 Å². The first-order chi connectivity index (χ1) is 19.1. The first-order valence-electron chi connectivity index (χ1n) is 13.3. The molecule has 1 nitrogen and oxygen atoms in total.